The van der Waals surface area contributed by atoms with Gasteiger partial charge in [0.1, 0.15) is 5.75 Å². The molecule has 0 bridgehead atoms. The summed E-state index contributed by atoms with van der Waals surface area (Å²) in [5.41, 5.74) is 6.52. The lowest BCUT2D eigenvalue weighted by atomic mass is 10.1. The van der Waals surface area contributed by atoms with Gasteiger partial charge in [0, 0.05) is 8.95 Å². The topological polar surface area (TPSA) is 35.2 Å². The SMILES string of the molecule is NCCc1ccc(Oc2cc(Br)cc(F)c2F)cc1Br. The Bertz CT molecular complexity index is 635. The highest BCUT2D eigenvalue weighted by Crippen LogP contribution is 2.31. The third-order valence-electron chi connectivity index (χ3n) is 2.63. The van der Waals surface area contributed by atoms with Crippen LogP contribution in [0.5, 0.6) is 11.5 Å². The number of hydrogen-bond donors (Lipinski definition) is 1. The molecule has 2 aromatic carbocycles. The van der Waals surface area contributed by atoms with Crippen LogP contribution in [0.1, 0.15) is 5.56 Å². The first-order chi connectivity index (χ1) is 9.51. The molecular weight excluding hydrogens is 396 g/mol. The molecule has 2 aromatic rings. The molecule has 0 saturated heterocycles. The lowest BCUT2D eigenvalue weighted by Crippen LogP contribution is -2.03. The van der Waals surface area contributed by atoms with E-state index in [9.17, 15) is 8.78 Å². The molecule has 0 aromatic heterocycles. The van der Waals surface area contributed by atoms with Crippen molar-refractivity contribution in [1.29, 1.82) is 0 Å². The molecule has 0 unspecified atom stereocenters. The Hall–Kier alpha value is -0.980. The van der Waals surface area contributed by atoms with Crippen molar-refractivity contribution in [3.63, 3.8) is 0 Å². The molecule has 0 aliphatic heterocycles. The summed E-state index contributed by atoms with van der Waals surface area (Å²) < 4.78 is 33.5. The van der Waals surface area contributed by atoms with E-state index < -0.39 is 11.6 Å². The number of nitrogens with two attached hydrogens (primary N) is 1. The molecule has 106 valence electrons. The van der Waals surface area contributed by atoms with Gasteiger partial charge in [0.15, 0.2) is 11.6 Å². The van der Waals surface area contributed by atoms with E-state index in [1.807, 2.05) is 6.07 Å². The first-order valence-corrected chi connectivity index (χ1v) is 7.40. The molecule has 0 aliphatic carbocycles. The largest absolute Gasteiger partial charge is 0.454 e. The number of benzene rings is 2. The Labute approximate surface area is 132 Å². The first-order valence-electron chi connectivity index (χ1n) is 5.82. The zero-order valence-corrected chi connectivity index (χ0v) is 13.5. The van der Waals surface area contributed by atoms with Gasteiger partial charge < -0.3 is 10.5 Å². The number of halogens is 4. The zero-order chi connectivity index (χ0) is 14.7. The van der Waals surface area contributed by atoms with E-state index in [1.165, 1.54) is 6.07 Å². The quantitative estimate of drug-likeness (QED) is 0.741. The third kappa shape index (κ3) is 3.56. The average molecular weight is 407 g/mol. The van der Waals surface area contributed by atoms with Crippen LogP contribution in [-0.2, 0) is 6.42 Å². The van der Waals surface area contributed by atoms with E-state index in [-0.39, 0.29) is 5.75 Å². The van der Waals surface area contributed by atoms with E-state index >= 15 is 0 Å². The highest BCUT2D eigenvalue weighted by molar-refractivity contribution is 9.10. The van der Waals surface area contributed by atoms with Crippen molar-refractivity contribution < 1.29 is 13.5 Å². The minimum Gasteiger partial charge on any atom is -0.454 e. The van der Waals surface area contributed by atoms with Crippen molar-refractivity contribution in [2.45, 2.75) is 6.42 Å². The minimum atomic E-state index is -1.02. The van der Waals surface area contributed by atoms with Gasteiger partial charge in [-0.2, -0.15) is 4.39 Å². The Morgan fingerprint density at radius 2 is 1.85 bits per heavy atom. The fourth-order valence-electron chi connectivity index (χ4n) is 1.68. The van der Waals surface area contributed by atoms with Gasteiger partial charge in [-0.1, -0.05) is 37.9 Å². The van der Waals surface area contributed by atoms with Crippen LogP contribution in [0.25, 0.3) is 0 Å². The molecule has 20 heavy (non-hydrogen) atoms. The van der Waals surface area contributed by atoms with Crippen molar-refractivity contribution in [3.05, 3.63) is 56.5 Å². The van der Waals surface area contributed by atoms with E-state index in [0.29, 0.717) is 16.8 Å². The van der Waals surface area contributed by atoms with Crippen LogP contribution < -0.4 is 10.5 Å². The fraction of sp³-hybridized carbons (Fsp3) is 0.143. The minimum absolute atomic E-state index is 0.171. The summed E-state index contributed by atoms with van der Waals surface area (Å²) in [7, 11) is 0. The monoisotopic (exact) mass is 405 g/mol. The standard InChI is InChI=1S/C14H11Br2F2NO/c15-9-5-12(17)14(18)13(6-9)20-10-2-1-8(3-4-19)11(16)7-10/h1-2,5-7H,3-4,19H2. The molecule has 0 radical (unpaired) electrons. The summed E-state index contributed by atoms with van der Waals surface area (Å²) in [6.07, 6.45) is 0.723. The van der Waals surface area contributed by atoms with Gasteiger partial charge in [-0.15, -0.1) is 0 Å². The van der Waals surface area contributed by atoms with E-state index in [1.54, 1.807) is 12.1 Å². The summed E-state index contributed by atoms with van der Waals surface area (Å²) in [6.45, 7) is 0.532. The average Bonchev–Trinajstić information content (AvgIpc) is 2.39. The Kier molecular flexibility index (Phi) is 5.12. The van der Waals surface area contributed by atoms with Crippen LogP contribution in [0.15, 0.2) is 39.3 Å². The first kappa shape index (κ1) is 15.4. The lowest BCUT2D eigenvalue weighted by Gasteiger charge is -2.10. The maximum Gasteiger partial charge on any atom is 0.201 e. The van der Waals surface area contributed by atoms with Crippen molar-refractivity contribution in [2.24, 2.45) is 5.73 Å². The van der Waals surface area contributed by atoms with Crippen LogP contribution >= 0.6 is 31.9 Å². The summed E-state index contributed by atoms with van der Waals surface area (Å²) in [5.74, 6) is -1.74. The van der Waals surface area contributed by atoms with Gasteiger partial charge in [-0.25, -0.2) is 4.39 Å². The summed E-state index contributed by atoms with van der Waals surface area (Å²) in [5, 5.41) is 0. The van der Waals surface area contributed by atoms with Crippen LogP contribution in [0.4, 0.5) is 8.78 Å². The lowest BCUT2D eigenvalue weighted by molar-refractivity contribution is 0.415. The molecule has 0 aliphatic rings. The highest BCUT2D eigenvalue weighted by atomic mass is 79.9. The number of rotatable bonds is 4. The van der Waals surface area contributed by atoms with E-state index in [2.05, 4.69) is 31.9 Å². The summed E-state index contributed by atoms with van der Waals surface area (Å²) in [4.78, 5) is 0. The molecule has 0 saturated carbocycles. The second-order valence-electron chi connectivity index (χ2n) is 4.09. The molecule has 2 N–H and O–H groups in total. The van der Waals surface area contributed by atoms with Crippen molar-refractivity contribution in [1.82, 2.24) is 0 Å². The van der Waals surface area contributed by atoms with Crippen LogP contribution in [0.2, 0.25) is 0 Å². The normalized spacial score (nSPS) is 10.7. The molecular formula is C14H11Br2F2NO. The predicted molar refractivity (Wildman–Crippen MR) is 81.0 cm³/mol. The molecule has 2 nitrogen and oxygen atoms in total. The second-order valence-corrected chi connectivity index (χ2v) is 5.86. The number of ether oxygens (including phenoxy) is 1. The van der Waals surface area contributed by atoms with E-state index in [0.717, 1.165) is 22.5 Å². The fourth-order valence-corrected chi connectivity index (χ4v) is 2.65. The van der Waals surface area contributed by atoms with Gasteiger partial charge in [0.2, 0.25) is 5.82 Å². The molecule has 0 amide bonds. The van der Waals surface area contributed by atoms with Crippen molar-refractivity contribution in [2.75, 3.05) is 6.54 Å². The smallest absolute Gasteiger partial charge is 0.201 e. The summed E-state index contributed by atoms with van der Waals surface area (Å²) >= 11 is 6.49. The third-order valence-corrected chi connectivity index (χ3v) is 3.82. The predicted octanol–water partition coefficient (Wildman–Crippen LogP) is 4.78. The van der Waals surface area contributed by atoms with Gasteiger partial charge in [0.25, 0.3) is 0 Å². The van der Waals surface area contributed by atoms with Gasteiger partial charge in [-0.05, 0) is 42.8 Å². The summed E-state index contributed by atoms with van der Waals surface area (Å²) in [6, 6.07) is 7.64. The van der Waals surface area contributed by atoms with Crippen LogP contribution in [-0.4, -0.2) is 6.54 Å². The Morgan fingerprint density at radius 3 is 2.50 bits per heavy atom. The van der Waals surface area contributed by atoms with Crippen molar-refractivity contribution >= 4 is 31.9 Å². The maximum absolute atomic E-state index is 13.6. The Balaban J connectivity index is 2.29. The molecule has 6 heteroatoms. The van der Waals surface area contributed by atoms with Gasteiger partial charge in [0.05, 0.1) is 0 Å². The number of hydrogen-bond acceptors (Lipinski definition) is 2. The second kappa shape index (κ2) is 6.65. The zero-order valence-electron chi connectivity index (χ0n) is 10.3. The molecule has 2 rings (SSSR count). The Morgan fingerprint density at radius 1 is 1.10 bits per heavy atom. The molecule has 0 heterocycles. The molecule has 0 fully saturated rings. The van der Waals surface area contributed by atoms with Crippen LogP contribution in [0, 0.1) is 11.6 Å². The van der Waals surface area contributed by atoms with Gasteiger partial charge in [-0.3, -0.25) is 0 Å². The van der Waals surface area contributed by atoms with Crippen LogP contribution in [0.3, 0.4) is 0 Å². The molecule has 0 spiro atoms. The van der Waals surface area contributed by atoms with Crippen molar-refractivity contribution in [3.8, 4) is 11.5 Å². The van der Waals surface area contributed by atoms with Gasteiger partial charge >= 0.3 is 0 Å². The van der Waals surface area contributed by atoms with E-state index in [4.69, 9.17) is 10.5 Å². The highest BCUT2D eigenvalue weighted by Gasteiger charge is 2.12. The maximum atomic E-state index is 13.6. The molecule has 0 atom stereocenters.